The van der Waals surface area contributed by atoms with Crippen LogP contribution < -0.4 is 15.9 Å². The molecule has 2 aliphatic rings. The summed E-state index contributed by atoms with van der Waals surface area (Å²) in [5.74, 6) is 1.23. The highest BCUT2D eigenvalue weighted by atomic mass is 35.5. The number of aromatic nitrogens is 4. The number of carbonyl (C=O) groups is 2. The van der Waals surface area contributed by atoms with Crippen LogP contribution in [0.2, 0.25) is 5.02 Å². The number of hydrogen-bond donors (Lipinski definition) is 1. The van der Waals surface area contributed by atoms with Crippen molar-refractivity contribution in [3.05, 3.63) is 112 Å². The summed E-state index contributed by atoms with van der Waals surface area (Å²) >= 11 is 6.88. The van der Waals surface area contributed by atoms with Gasteiger partial charge in [0.05, 0.1) is 59.8 Å². The molecule has 15 heteroatoms. The molecule has 5 heterocycles. The number of nitriles is 1. The molecule has 3 aromatic heterocycles. The summed E-state index contributed by atoms with van der Waals surface area (Å²) in [7, 11) is 1.69. The molecule has 0 bridgehead atoms. The average molecular weight is 803 g/mol. The summed E-state index contributed by atoms with van der Waals surface area (Å²) in [4.78, 5) is 46.4. The molecule has 6 aromatic rings. The molecule has 2 aliphatic heterocycles. The highest BCUT2D eigenvalue weighted by molar-refractivity contribution is 6.33. The average Bonchev–Trinajstić information content (AvgIpc) is 3.98. The van der Waals surface area contributed by atoms with E-state index in [1.54, 1.807) is 29.9 Å². The van der Waals surface area contributed by atoms with Crippen LogP contribution in [-0.2, 0) is 32.5 Å². The van der Waals surface area contributed by atoms with Gasteiger partial charge in [0.2, 0.25) is 11.8 Å². The SMILES string of the molecule is Cn1c(=O)n(C2CCC(=O)NC2=O)c2ccc(CCOCCOCCN3CCN(c4ccc(-n5ccnc5-c5ccc(-c6ccc(C#N)cc6)o5)cc4Cl)CC3)cc21. The maximum absolute atomic E-state index is 13.0. The Balaban J connectivity index is 0.754. The second-order valence-electron chi connectivity index (χ2n) is 14.4. The first-order chi connectivity index (χ1) is 28.3. The molecular weight excluding hydrogens is 760 g/mol. The Morgan fingerprint density at radius 2 is 1.67 bits per heavy atom. The van der Waals surface area contributed by atoms with Crippen LogP contribution in [0.1, 0.15) is 30.0 Å². The lowest BCUT2D eigenvalue weighted by molar-refractivity contribution is -0.135. The molecule has 298 valence electrons. The molecular formula is C43H43ClN8O6. The van der Waals surface area contributed by atoms with Crippen LogP contribution in [0, 0.1) is 11.3 Å². The predicted octanol–water partition coefficient (Wildman–Crippen LogP) is 5.35. The number of nitrogens with one attached hydrogen (secondary N) is 1. The summed E-state index contributed by atoms with van der Waals surface area (Å²) in [6.45, 7) is 6.45. The zero-order chi connectivity index (χ0) is 40.2. The van der Waals surface area contributed by atoms with Gasteiger partial charge in [0.15, 0.2) is 11.6 Å². The van der Waals surface area contributed by atoms with Gasteiger partial charge < -0.3 is 18.8 Å². The Morgan fingerprint density at radius 1 is 0.897 bits per heavy atom. The maximum atomic E-state index is 13.0. The molecule has 0 aliphatic carbocycles. The highest BCUT2D eigenvalue weighted by Gasteiger charge is 2.31. The van der Waals surface area contributed by atoms with Crippen LogP contribution in [0.25, 0.3) is 39.6 Å². The number of aryl methyl sites for hydroxylation is 1. The normalized spacial score (nSPS) is 16.2. The van der Waals surface area contributed by atoms with Gasteiger partial charge in [-0.15, -0.1) is 0 Å². The van der Waals surface area contributed by atoms with E-state index in [2.05, 4.69) is 32.2 Å². The molecule has 1 atom stereocenters. The number of furan rings is 1. The minimum atomic E-state index is -0.701. The standard InChI is InChI=1S/C43H43ClN8O6/c1-48-37-26-29(4-8-35(37)52(43(48)55)36-10-13-40(53)47-42(36)54)14-22-56-24-25-57-23-21-49-17-19-50(20-18-49)34-9-7-32(27-33(34)44)51-16-15-46-41(51)39-12-11-38(58-39)31-5-2-30(28-45)3-6-31/h2-9,11-12,15-16,26-27,36H,10,13-14,17-25H2,1H3,(H,47,53,54). The van der Waals surface area contributed by atoms with Crippen molar-refractivity contribution in [2.45, 2.75) is 25.3 Å². The van der Waals surface area contributed by atoms with E-state index >= 15 is 0 Å². The van der Waals surface area contributed by atoms with E-state index in [-0.39, 0.29) is 18.0 Å². The summed E-state index contributed by atoms with van der Waals surface area (Å²) in [6, 6.07) is 24.3. The minimum absolute atomic E-state index is 0.207. The van der Waals surface area contributed by atoms with Crippen molar-refractivity contribution in [2.24, 2.45) is 7.05 Å². The van der Waals surface area contributed by atoms with E-state index in [0.29, 0.717) is 72.7 Å². The number of halogens is 1. The molecule has 2 saturated heterocycles. The number of carbonyl (C=O) groups excluding carboxylic acids is 2. The third-order valence-corrected chi connectivity index (χ3v) is 11.1. The number of imide groups is 1. The van der Waals surface area contributed by atoms with Gasteiger partial charge in [0.1, 0.15) is 11.8 Å². The molecule has 0 spiro atoms. The largest absolute Gasteiger partial charge is 0.453 e. The third kappa shape index (κ3) is 8.21. The Morgan fingerprint density at radius 3 is 2.43 bits per heavy atom. The van der Waals surface area contributed by atoms with Gasteiger partial charge >= 0.3 is 5.69 Å². The molecule has 8 rings (SSSR count). The second-order valence-corrected chi connectivity index (χ2v) is 14.8. The Hall–Kier alpha value is -5.98. The third-order valence-electron chi connectivity index (χ3n) is 10.8. The number of ether oxygens (including phenoxy) is 2. The van der Waals surface area contributed by atoms with E-state index in [1.165, 1.54) is 4.57 Å². The molecule has 0 radical (unpaired) electrons. The number of nitrogens with zero attached hydrogens (tertiary/aromatic N) is 7. The lowest BCUT2D eigenvalue weighted by Crippen LogP contribution is -2.47. The number of imidazole rings is 2. The maximum Gasteiger partial charge on any atom is 0.329 e. The number of rotatable bonds is 14. The first kappa shape index (κ1) is 38.9. The van der Waals surface area contributed by atoms with E-state index in [1.807, 2.05) is 65.4 Å². The van der Waals surface area contributed by atoms with Crippen molar-refractivity contribution in [3.63, 3.8) is 0 Å². The van der Waals surface area contributed by atoms with Gasteiger partial charge in [-0.2, -0.15) is 5.26 Å². The van der Waals surface area contributed by atoms with E-state index < -0.39 is 11.9 Å². The van der Waals surface area contributed by atoms with Crippen LogP contribution in [0.15, 0.2) is 94.4 Å². The quantitative estimate of drug-likeness (QED) is 0.113. The molecule has 3 aromatic carbocycles. The van der Waals surface area contributed by atoms with Crippen molar-refractivity contribution in [2.75, 3.05) is 64.1 Å². The van der Waals surface area contributed by atoms with Crippen molar-refractivity contribution in [1.29, 1.82) is 5.26 Å². The fourth-order valence-electron chi connectivity index (χ4n) is 7.63. The van der Waals surface area contributed by atoms with Crippen molar-refractivity contribution in [1.82, 2.24) is 28.9 Å². The number of hydrogen-bond acceptors (Lipinski definition) is 10. The van der Waals surface area contributed by atoms with Gasteiger partial charge in [-0.25, -0.2) is 9.78 Å². The molecule has 14 nitrogen and oxygen atoms in total. The molecule has 2 amide bonds. The Kier molecular flexibility index (Phi) is 11.6. The summed E-state index contributed by atoms with van der Waals surface area (Å²) in [6.07, 6.45) is 4.81. The number of fused-ring (bicyclic) bond motifs is 1. The zero-order valence-corrected chi connectivity index (χ0v) is 32.9. The smallest absolute Gasteiger partial charge is 0.329 e. The topological polar surface area (TPSA) is 153 Å². The molecule has 1 unspecified atom stereocenters. The van der Waals surface area contributed by atoms with E-state index in [4.69, 9.17) is 30.8 Å². The van der Waals surface area contributed by atoms with Gasteiger partial charge in [-0.3, -0.25) is 33.5 Å². The number of piperazine rings is 1. The fraction of sp³-hybridized carbons (Fsp3) is 0.326. The number of anilines is 1. The van der Waals surface area contributed by atoms with Gasteiger partial charge in [-0.05, 0) is 85.1 Å². The lowest BCUT2D eigenvalue weighted by Gasteiger charge is -2.36. The Labute approximate surface area is 339 Å². The summed E-state index contributed by atoms with van der Waals surface area (Å²) < 4.78 is 22.9. The van der Waals surface area contributed by atoms with Gasteiger partial charge in [-0.1, -0.05) is 17.7 Å². The van der Waals surface area contributed by atoms with Gasteiger partial charge in [0.25, 0.3) is 0 Å². The van der Waals surface area contributed by atoms with Crippen molar-refractivity contribution >= 4 is 40.1 Å². The van der Waals surface area contributed by atoms with Crippen LogP contribution >= 0.6 is 11.6 Å². The van der Waals surface area contributed by atoms with E-state index in [9.17, 15) is 14.4 Å². The summed E-state index contributed by atoms with van der Waals surface area (Å²) in [5, 5.41) is 12.1. The van der Waals surface area contributed by atoms with Crippen LogP contribution in [0.4, 0.5) is 5.69 Å². The van der Waals surface area contributed by atoms with Gasteiger partial charge in [0, 0.05) is 69.8 Å². The predicted molar refractivity (Wildman–Crippen MR) is 219 cm³/mol. The number of amides is 2. The van der Waals surface area contributed by atoms with Crippen molar-refractivity contribution < 1.29 is 23.5 Å². The number of piperidine rings is 1. The minimum Gasteiger partial charge on any atom is -0.453 e. The van der Waals surface area contributed by atoms with Crippen molar-refractivity contribution in [3.8, 4) is 34.7 Å². The molecule has 2 fully saturated rings. The molecule has 58 heavy (non-hydrogen) atoms. The van der Waals surface area contributed by atoms with Crippen LogP contribution in [0.5, 0.6) is 0 Å². The first-order valence-electron chi connectivity index (χ1n) is 19.4. The van der Waals surface area contributed by atoms with Crippen LogP contribution in [0.3, 0.4) is 0 Å². The Bertz CT molecular complexity index is 2540. The monoisotopic (exact) mass is 802 g/mol. The highest BCUT2D eigenvalue weighted by Crippen LogP contribution is 2.33. The number of benzene rings is 3. The molecule has 0 saturated carbocycles. The summed E-state index contributed by atoms with van der Waals surface area (Å²) in [5.41, 5.74) is 5.50. The second kappa shape index (κ2) is 17.3. The van der Waals surface area contributed by atoms with Crippen LogP contribution in [-0.4, -0.2) is 94.6 Å². The zero-order valence-electron chi connectivity index (χ0n) is 32.1. The lowest BCUT2D eigenvalue weighted by atomic mass is 10.1. The molecule has 1 N–H and O–H groups in total. The fourth-order valence-corrected chi connectivity index (χ4v) is 7.93. The first-order valence-corrected chi connectivity index (χ1v) is 19.8. The van der Waals surface area contributed by atoms with E-state index in [0.717, 1.165) is 60.7 Å².